The highest BCUT2D eigenvalue weighted by molar-refractivity contribution is 7.99. The van der Waals surface area contributed by atoms with Crippen LogP contribution in [0.4, 0.5) is 0 Å². The Morgan fingerprint density at radius 3 is 2.67 bits per heavy atom. The Kier molecular flexibility index (Phi) is 6.68. The number of ether oxygens (including phenoxy) is 1. The van der Waals surface area contributed by atoms with Gasteiger partial charge in [0.1, 0.15) is 0 Å². The van der Waals surface area contributed by atoms with Crippen molar-refractivity contribution in [2.24, 2.45) is 0 Å². The molecule has 0 aliphatic rings. The predicted molar refractivity (Wildman–Crippen MR) is 78.0 cm³/mol. The Labute approximate surface area is 115 Å². The van der Waals surface area contributed by atoms with Gasteiger partial charge in [-0.2, -0.15) is 0 Å². The zero-order chi connectivity index (χ0) is 13.4. The van der Waals surface area contributed by atoms with Gasteiger partial charge in [-0.05, 0) is 38.8 Å². The van der Waals surface area contributed by atoms with Crippen molar-refractivity contribution in [1.82, 2.24) is 10.3 Å². The molecule has 0 aliphatic heterocycles. The molecule has 0 aromatic carbocycles. The number of hydrogen-bond acceptors (Lipinski definition) is 4. The zero-order valence-electron chi connectivity index (χ0n) is 11.8. The van der Waals surface area contributed by atoms with Crippen molar-refractivity contribution >= 4 is 11.8 Å². The van der Waals surface area contributed by atoms with Crippen LogP contribution in [0.3, 0.4) is 0 Å². The van der Waals surface area contributed by atoms with E-state index in [0.29, 0.717) is 0 Å². The van der Waals surface area contributed by atoms with E-state index in [9.17, 15) is 0 Å². The van der Waals surface area contributed by atoms with Crippen molar-refractivity contribution < 1.29 is 4.74 Å². The zero-order valence-corrected chi connectivity index (χ0v) is 12.6. The van der Waals surface area contributed by atoms with Crippen molar-refractivity contribution in [2.45, 2.75) is 44.3 Å². The SMILES string of the molecule is COCCCSc1ccc(CNC(C)(C)C)cn1. The van der Waals surface area contributed by atoms with Crippen LogP contribution in [0, 0.1) is 0 Å². The molecule has 0 aliphatic carbocycles. The van der Waals surface area contributed by atoms with E-state index in [1.807, 2.05) is 6.20 Å². The van der Waals surface area contributed by atoms with E-state index < -0.39 is 0 Å². The van der Waals surface area contributed by atoms with Gasteiger partial charge in [-0.1, -0.05) is 6.07 Å². The summed E-state index contributed by atoms with van der Waals surface area (Å²) in [7, 11) is 1.74. The average Bonchev–Trinajstić information content (AvgIpc) is 2.33. The molecule has 0 fully saturated rings. The quantitative estimate of drug-likeness (QED) is 0.608. The molecule has 3 nitrogen and oxygen atoms in total. The number of nitrogens with zero attached hydrogens (tertiary/aromatic N) is 1. The molecule has 4 heteroatoms. The molecule has 0 unspecified atom stereocenters. The molecule has 1 rings (SSSR count). The van der Waals surface area contributed by atoms with Gasteiger partial charge in [0.05, 0.1) is 5.03 Å². The molecule has 0 atom stereocenters. The molecule has 0 radical (unpaired) electrons. The number of hydrogen-bond donors (Lipinski definition) is 1. The summed E-state index contributed by atoms with van der Waals surface area (Å²) in [4.78, 5) is 4.46. The first-order chi connectivity index (χ1) is 8.51. The van der Waals surface area contributed by atoms with Crippen LogP contribution in [0.15, 0.2) is 23.4 Å². The third-order valence-electron chi connectivity index (χ3n) is 2.36. The van der Waals surface area contributed by atoms with Crippen LogP contribution in [-0.2, 0) is 11.3 Å². The fraction of sp³-hybridized carbons (Fsp3) is 0.643. The molecular formula is C14H24N2OS. The van der Waals surface area contributed by atoms with Gasteiger partial charge < -0.3 is 10.1 Å². The van der Waals surface area contributed by atoms with Gasteiger partial charge in [0.15, 0.2) is 0 Å². The summed E-state index contributed by atoms with van der Waals surface area (Å²) in [5.74, 6) is 1.06. The third kappa shape index (κ3) is 6.99. The summed E-state index contributed by atoms with van der Waals surface area (Å²) in [5, 5.41) is 4.54. The van der Waals surface area contributed by atoms with Crippen LogP contribution in [0.1, 0.15) is 32.8 Å². The Hall–Kier alpha value is -0.580. The maximum Gasteiger partial charge on any atom is 0.0960 e. The van der Waals surface area contributed by atoms with E-state index in [-0.39, 0.29) is 5.54 Å². The van der Waals surface area contributed by atoms with Crippen LogP contribution >= 0.6 is 11.8 Å². The van der Waals surface area contributed by atoms with Crippen molar-refractivity contribution in [2.75, 3.05) is 19.5 Å². The van der Waals surface area contributed by atoms with E-state index in [0.717, 1.165) is 30.4 Å². The molecule has 1 heterocycles. The van der Waals surface area contributed by atoms with Crippen LogP contribution in [0.5, 0.6) is 0 Å². The maximum atomic E-state index is 5.02. The van der Waals surface area contributed by atoms with Gasteiger partial charge in [-0.15, -0.1) is 11.8 Å². The molecule has 0 spiro atoms. The van der Waals surface area contributed by atoms with Gasteiger partial charge in [0.2, 0.25) is 0 Å². The van der Waals surface area contributed by atoms with Crippen LogP contribution in [0.2, 0.25) is 0 Å². The lowest BCUT2D eigenvalue weighted by Gasteiger charge is -2.20. The lowest BCUT2D eigenvalue weighted by atomic mass is 10.1. The lowest BCUT2D eigenvalue weighted by Crippen LogP contribution is -2.35. The topological polar surface area (TPSA) is 34.1 Å². The van der Waals surface area contributed by atoms with Crippen LogP contribution in [-0.4, -0.2) is 30.0 Å². The molecule has 1 aromatic heterocycles. The summed E-state index contributed by atoms with van der Waals surface area (Å²) in [6, 6.07) is 4.24. The van der Waals surface area contributed by atoms with E-state index in [1.165, 1.54) is 5.56 Å². The number of rotatable bonds is 7. The molecular weight excluding hydrogens is 244 g/mol. The number of pyridine rings is 1. The second kappa shape index (κ2) is 7.77. The van der Waals surface area contributed by atoms with Crippen LogP contribution < -0.4 is 5.32 Å². The van der Waals surface area contributed by atoms with E-state index in [4.69, 9.17) is 4.74 Å². The number of methoxy groups -OCH3 is 1. The minimum Gasteiger partial charge on any atom is -0.385 e. The first-order valence-electron chi connectivity index (χ1n) is 6.33. The molecule has 18 heavy (non-hydrogen) atoms. The maximum absolute atomic E-state index is 5.02. The van der Waals surface area contributed by atoms with E-state index >= 15 is 0 Å². The second-order valence-corrected chi connectivity index (χ2v) is 6.42. The van der Waals surface area contributed by atoms with Crippen molar-refractivity contribution in [1.29, 1.82) is 0 Å². The van der Waals surface area contributed by atoms with Gasteiger partial charge in [-0.3, -0.25) is 0 Å². The first-order valence-corrected chi connectivity index (χ1v) is 7.31. The van der Waals surface area contributed by atoms with Gasteiger partial charge in [0, 0.05) is 37.8 Å². The minimum absolute atomic E-state index is 0.146. The summed E-state index contributed by atoms with van der Waals surface area (Å²) in [6.45, 7) is 8.19. The fourth-order valence-corrected chi connectivity index (χ4v) is 2.11. The molecule has 0 saturated carbocycles. The highest BCUT2D eigenvalue weighted by atomic mass is 32.2. The third-order valence-corrected chi connectivity index (χ3v) is 3.39. The smallest absolute Gasteiger partial charge is 0.0960 e. The average molecular weight is 268 g/mol. The Morgan fingerprint density at radius 1 is 1.33 bits per heavy atom. The van der Waals surface area contributed by atoms with Crippen molar-refractivity contribution in [3.8, 4) is 0 Å². The summed E-state index contributed by atoms with van der Waals surface area (Å²) in [6.07, 6.45) is 3.02. The monoisotopic (exact) mass is 268 g/mol. The summed E-state index contributed by atoms with van der Waals surface area (Å²) in [5.41, 5.74) is 1.37. The Bertz CT molecular complexity index is 333. The van der Waals surface area contributed by atoms with Gasteiger partial charge in [-0.25, -0.2) is 4.98 Å². The normalized spacial score (nSPS) is 11.8. The summed E-state index contributed by atoms with van der Waals surface area (Å²) < 4.78 is 5.02. The van der Waals surface area contributed by atoms with Crippen LogP contribution in [0.25, 0.3) is 0 Å². The lowest BCUT2D eigenvalue weighted by molar-refractivity contribution is 0.200. The second-order valence-electron chi connectivity index (χ2n) is 5.30. The molecule has 0 bridgehead atoms. The predicted octanol–water partition coefficient (Wildman–Crippen LogP) is 3.10. The Balaban J connectivity index is 2.33. The minimum atomic E-state index is 0.146. The van der Waals surface area contributed by atoms with E-state index in [2.05, 4.69) is 43.2 Å². The van der Waals surface area contributed by atoms with E-state index in [1.54, 1.807) is 18.9 Å². The largest absolute Gasteiger partial charge is 0.385 e. The van der Waals surface area contributed by atoms with Crippen molar-refractivity contribution in [3.63, 3.8) is 0 Å². The molecule has 0 amide bonds. The van der Waals surface area contributed by atoms with Gasteiger partial charge in [0.25, 0.3) is 0 Å². The number of aromatic nitrogens is 1. The van der Waals surface area contributed by atoms with Gasteiger partial charge >= 0.3 is 0 Å². The molecule has 1 N–H and O–H groups in total. The number of nitrogens with one attached hydrogen (secondary N) is 1. The number of thioether (sulfide) groups is 1. The first kappa shape index (κ1) is 15.5. The molecule has 0 saturated heterocycles. The summed E-state index contributed by atoms with van der Waals surface area (Å²) >= 11 is 1.78. The molecule has 102 valence electrons. The highest BCUT2D eigenvalue weighted by Crippen LogP contribution is 2.16. The standard InChI is InChI=1S/C14H24N2OS/c1-14(2,3)16-11-12-6-7-13(15-10-12)18-9-5-8-17-4/h6-7,10,16H,5,8-9,11H2,1-4H3. The molecule has 1 aromatic rings. The highest BCUT2D eigenvalue weighted by Gasteiger charge is 2.08. The Morgan fingerprint density at radius 2 is 2.11 bits per heavy atom. The van der Waals surface area contributed by atoms with Crippen molar-refractivity contribution in [3.05, 3.63) is 23.9 Å². The fourth-order valence-electron chi connectivity index (χ4n) is 1.35.